The molecule has 1 aromatic heterocycles. The van der Waals surface area contributed by atoms with Crippen LogP contribution in [0.25, 0.3) is 0 Å². The number of sulfonamides is 1. The fourth-order valence-electron chi connectivity index (χ4n) is 1.27. The second-order valence-corrected chi connectivity index (χ2v) is 5.47. The van der Waals surface area contributed by atoms with Crippen LogP contribution < -0.4 is 10.0 Å². The summed E-state index contributed by atoms with van der Waals surface area (Å²) in [5.74, 6) is -0.552. The zero-order valence-corrected chi connectivity index (χ0v) is 11.2. The molecule has 0 unspecified atom stereocenters. The molecule has 0 aliphatic heterocycles. The Morgan fingerprint density at radius 2 is 2.17 bits per heavy atom. The first-order chi connectivity index (χ1) is 8.40. The maximum atomic E-state index is 11.7. The molecule has 102 valence electrons. The first-order valence-corrected chi connectivity index (χ1v) is 6.72. The monoisotopic (exact) mass is 276 g/mol. The van der Waals surface area contributed by atoms with Crippen molar-refractivity contribution in [3.8, 4) is 0 Å². The Morgan fingerprint density at radius 3 is 2.72 bits per heavy atom. The van der Waals surface area contributed by atoms with Gasteiger partial charge in [-0.05, 0) is 26.1 Å². The quantitative estimate of drug-likeness (QED) is 0.759. The summed E-state index contributed by atoms with van der Waals surface area (Å²) in [4.78, 5) is 11.7. The molecule has 0 saturated heterocycles. The van der Waals surface area contributed by atoms with E-state index in [0.717, 1.165) is 0 Å². The average Bonchev–Trinajstić information content (AvgIpc) is 2.79. The number of methoxy groups -OCH3 is 1. The molecule has 18 heavy (non-hydrogen) atoms. The number of furan rings is 1. The Morgan fingerprint density at radius 1 is 1.50 bits per heavy atom. The summed E-state index contributed by atoms with van der Waals surface area (Å²) in [5, 5.41) is 2.31. The van der Waals surface area contributed by atoms with Gasteiger partial charge in [-0.3, -0.25) is 4.79 Å². The molecule has 0 bridgehead atoms. The van der Waals surface area contributed by atoms with E-state index in [1.807, 2.05) is 0 Å². The van der Waals surface area contributed by atoms with Crippen LogP contribution in [-0.4, -0.2) is 41.1 Å². The third-order valence-corrected chi connectivity index (χ3v) is 3.42. The normalized spacial score (nSPS) is 13.3. The van der Waals surface area contributed by atoms with Crippen molar-refractivity contribution in [3.63, 3.8) is 0 Å². The van der Waals surface area contributed by atoms with Crippen molar-refractivity contribution in [1.82, 2.24) is 10.0 Å². The van der Waals surface area contributed by atoms with Gasteiger partial charge < -0.3 is 14.5 Å². The lowest BCUT2D eigenvalue weighted by Crippen LogP contribution is -2.35. The molecule has 0 spiro atoms. The van der Waals surface area contributed by atoms with Crippen LogP contribution in [0.1, 0.15) is 17.5 Å². The van der Waals surface area contributed by atoms with Gasteiger partial charge in [0.05, 0.1) is 6.61 Å². The minimum absolute atomic E-state index is 0.0632. The van der Waals surface area contributed by atoms with Crippen molar-refractivity contribution in [2.45, 2.75) is 18.1 Å². The number of rotatable bonds is 6. The third kappa shape index (κ3) is 3.56. The van der Waals surface area contributed by atoms with E-state index in [1.54, 1.807) is 6.92 Å². The van der Waals surface area contributed by atoms with Gasteiger partial charge in [0, 0.05) is 13.2 Å². The van der Waals surface area contributed by atoms with E-state index < -0.39 is 15.9 Å². The summed E-state index contributed by atoms with van der Waals surface area (Å²) in [6.45, 7) is 2.11. The third-order valence-electron chi connectivity index (χ3n) is 2.13. The zero-order valence-electron chi connectivity index (χ0n) is 10.4. The molecule has 0 saturated carbocycles. The maximum absolute atomic E-state index is 11.7. The first kappa shape index (κ1) is 14.7. The summed E-state index contributed by atoms with van der Waals surface area (Å²) in [5.41, 5.74) is 0. The lowest BCUT2D eigenvalue weighted by atomic mass is 10.3. The molecule has 1 amide bonds. The highest BCUT2D eigenvalue weighted by atomic mass is 32.2. The second kappa shape index (κ2) is 5.98. The van der Waals surface area contributed by atoms with Crippen molar-refractivity contribution in [2.75, 3.05) is 20.8 Å². The molecule has 0 radical (unpaired) electrons. The molecular weight excluding hydrogens is 260 g/mol. The molecule has 1 rings (SSSR count). The highest BCUT2D eigenvalue weighted by Crippen LogP contribution is 2.13. The Bertz CT molecular complexity index is 508. The summed E-state index contributed by atoms with van der Waals surface area (Å²) < 4.78 is 34.8. The van der Waals surface area contributed by atoms with Crippen LogP contribution in [0.2, 0.25) is 0 Å². The molecule has 8 heteroatoms. The van der Waals surface area contributed by atoms with E-state index in [9.17, 15) is 13.2 Å². The van der Waals surface area contributed by atoms with Crippen molar-refractivity contribution in [3.05, 3.63) is 17.9 Å². The first-order valence-electron chi connectivity index (χ1n) is 5.24. The molecule has 7 nitrogen and oxygen atoms in total. The molecule has 1 heterocycles. The number of hydrogen-bond acceptors (Lipinski definition) is 5. The van der Waals surface area contributed by atoms with E-state index in [-0.39, 0.29) is 16.9 Å². The van der Waals surface area contributed by atoms with Crippen LogP contribution in [0.4, 0.5) is 0 Å². The molecule has 0 aromatic carbocycles. The molecule has 0 fully saturated rings. The Kier molecular flexibility index (Phi) is 4.88. The van der Waals surface area contributed by atoms with Crippen molar-refractivity contribution >= 4 is 15.9 Å². The van der Waals surface area contributed by atoms with Crippen LogP contribution in [0.15, 0.2) is 21.6 Å². The maximum Gasteiger partial charge on any atom is 0.287 e. The van der Waals surface area contributed by atoms with Gasteiger partial charge in [0.2, 0.25) is 5.09 Å². The van der Waals surface area contributed by atoms with Gasteiger partial charge in [-0.2, -0.15) is 0 Å². The average molecular weight is 276 g/mol. The lowest BCUT2D eigenvalue weighted by Gasteiger charge is -2.10. The van der Waals surface area contributed by atoms with Crippen molar-refractivity contribution in [2.24, 2.45) is 0 Å². The number of carbonyl (C=O) groups excluding carboxylic acids is 1. The van der Waals surface area contributed by atoms with Crippen LogP contribution in [0.5, 0.6) is 0 Å². The van der Waals surface area contributed by atoms with E-state index in [4.69, 9.17) is 9.15 Å². The van der Waals surface area contributed by atoms with Crippen LogP contribution in [-0.2, 0) is 14.8 Å². The standard InChI is InChI=1S/C10H16N2O5S/c1-7(6-16-3)12-10(13)8-4-5-9(17-8)18(14,15)11-2/h4-5,7,11H,6H2,1-3H3,(H,12,13)/t7-/m1/s1. The highest BCUT2D eigenvalue weighted by Gasteiger charge is 2.20. The number of amides is 1. The molecule has 0 aliphatic rings. The number of carbonyl (C=O) groups is 1. The predicted molar refractivity (Wildman–Crippen MR) is 63.8 cm³/mol. The molecule has 0 aliphatic carbocycles. The lowest BCUT2D eigenvalue weighted by molar-refractivity contribution is 0.0872. The van der Waals surface area contributed by atoms with Crippen molar-refractivity contribution in [1.29, 1.82) is 0 Å². The smallest absolute Gasteiger partial charge is 0.287 e. The van der Waals surface area contributed by atoms with Crippen LogP contribution in [0, 0.1) is 0 Å². The van der Waals surface area contributed by atoms with E-state index in [0.29, 0.717) is 6.61 Å². The fraction of sp³-hybridized carbons (Fsp3) is 0.500. The summed E-state index contributed by atoms with van der Waals surface area (Å²) in [6, 6.07) is 2.33. The minimum Gasteiger partial charge on any atom is -0.438 e. The van der Waals surface area contributed by atoms with Gasteiger partial charge in [0.1, 0.15) is 0 Å². The summed E-state index contributed by atoms with van der Waals surface area (Å²) in [6.07, 6.45) is 0. The minimum atomic E-state index is -3.67. The highest BCUT2D eigenvalue weighted by molar-refractivity contribution is 7.89. The van der Waals surface area contributed by atoms with Gasteiger partial charge in [0.15, 0.2) is 5.76 Å². The SMILES string of the molecule is CNS(=O)(=O)c1ccc(C(=O)N[C@H](C)COC)o1. The molecule has 1 aromatic rings. The largest absolute Gasteiger partial charge is 0.438 e. The van der Waals surface area contributed by atoms with Gasteiger partial charge in [0.25, 0.3) is 15.9 Å². The Balaban J connectivity index is 2.77. The number of ether oxygens (including phenoxy) is 1. The van der Waals surface area contributed by atoms with Gasteiger partial charge >= 0.3 is 0 Å². The topological polar surface area (TPSA) is 97.6 Å². The zero-order chi connectivity index (χ0) is 13.8. The summed E-state index contributed by atoms with van der Waals surface area (Å²) >= 11 is 0. The second-order valence-electron chi connectivity index (χ2n) is 3.66. The van der Waals surface area contributed by atoms with Crippen molar-refractivity contribution < 1.29 is 22.4 Å². The Labute approximate surface area is 106 Å². The van der Waals surface area contributed by atoms with Gasteiger partial charge in [-0.15, -0.1) is 0 Å². The van der Waals surface area contributed by atoms with E-state index >= 15 is 0 Å². The summed E-state index contributed by atoms with van der Waals surface area (Å²) in [7, 11) is -0.888. The Hall–Kier alpha value is -1.38. The van der Waals surface area contributed by atoms with Crippen LogP contribution >= 0.6 is 0 Å². The predicted octanol–water partition coefficient (Wildman–Crippen LogP) is -0.0476. The molecule has 2 N–H and O–H groups in total. The number of nitrogens with one attached hydrogen (secondary N) is 2. The van der Waals surface area contributed by atoms with E-state index in [1.165, 1.54) is 26.3 Å². The number of hydrogen-bond donors (Lipinski definition) is 2. The van der Waals surface area contributed by atoms with Gasteiger partial charge in [-0.25, -0.2) is 13.1 Å². The molecule has 1 atom stereocenters. The molecular formula is C10H16N2O5S. The fourth-order valence-corrected chi connectivity index (χ4v) is 1.92. The van der Waals surface area contributed by atoms with E-state index in [2.05, 4.69) is 10.0 Å². The van der Waals surface area contributed by atoms with Crippen LogP contribution in [0.3, 0.4) is 0 Å². The van der Waals surface area contributed by atoms with Gasteiger partial charge in [-0.1, -0.05) is 0 Å².